The molecule has 9 nitrogen and oxygen atoms in total. The van der Waals surface area contributed by atoms with Gasteiger partial charge in [0.05, 0.1) is 36.4 Å². The van der Waals surface area contributed by atoms with Gasteiger partial charge in [-0.15, -0.1) is 0 Å². The molecule has 0 radical (unpaired) electrons. The lowest BCUT2D eigenvalue weighted by atomic mass is 10.1. The van der Waals surface area contributed by atoms with Gasteiger partial charge in [0.2, 0.25) is 5.69 Å². The summed E-state index contributed by atoms with van der Waals surface area (Å²) >= 11 is 0. The smallest absolute Gasteiger partial charge is 0.311 e. The van der Waals surface area contributed by atoms with E-state index < -0.39 is 11.7 Å². The van der Waals surface area contributed by atoms with Gasteiger partial charge >= 0.3 is 5.82 Å². The molecule has 2 aromatic heterocycles. The number of nitrogens with zero attached hydrogens (tertiary/aromatic N) is 5. The van der Waals surface area contributed by atoms with E-state index in [4.69, 9.17) is 0 Å². The standard InChI is InChI=1S/C22H22FN7O2/c1-29(2)22(32)16-7-6-14(23)8-17(16)28-21(31)19-20(26-15-9-24-12-25-10-15)30(3)11-18(27-19)13-4-5-13/h6-13H,4-5H2,1-3H3,(H,28,31,32)/p+1. The van der Waals surface area contributed by atoms with Crippen molar-refractivity contribution in [1.29, 1.82) is 0 Å². The molecule has 1 aliphatic carbocycles. The number of carbonyl (C=O) groups is 2. The lowest BCUT2D eigenvalue weighted by Gasteiger charge is -2.15. The topological polar surface area (TPSA) is 104 Å². The second kappa shape index (κ2) is 8.66. The van der Waals surface area contributed by atoms with Gasteiger partial charge in [-0.25, -0.2) is 29.2 Å². The molecule has 0 spiro atoms. The van der Waals surface area contributed by atoms with Crippen LogP contribution < -0.4 is 15.2 Å². The van der Waals surface area contributed by atoms with Crippen LogP contribution in [0.2, 0.25) is 0 Å². The third-order valence-corrected chi connectivity index (χ3v) is 5.04. The number of benzene rings is 1. The Morgan fingerprint density at radius 3 is 2.56 bits per heavy atom. The molecule has 2 heterocycles. The van der Waals surface area contributed by atoms with Gasteiger partial charge in [0, 0.05) is 20.0 Å². The molecule has 1 saturated carbocycles. The van der Waals surface area contributed by atoms with E-state index in [-0.39, 0.29) is 22.9 Å². The van der Waals surface area contributed by atoms with Gasteiger partial charge in [-0.2, -0.15) is 0 Å². The fourth-order valence-electron chi connectivity index (χ4n) is 3.25. The van der Waals surface area contributed by atoms with Crippen molar-refractivity contribution in [2.45, 2.75) is 18.8 Å². The van der Waals surface area contributed by atoms with Crippen LogP contribution in [0.25, 0.3) is 0 Å². The maximum atomic E-state index is 14.0. The molecule has 32 heavy (non-hydrogen) atoms. The van der Waals surface area contributed by atoms with Crippen molar-refractivity contribution in [3.63, 3.8) is 0 Å². The second-order valence-corrected chi connectivity index (χ2v) is 7.84. The summed E-state index contributed by atoms with van der Waals surface area (Å²) in [6, 6.07) is 3.65. The van der Waals surface area contributed by atoms with Crippen LogP contribution in [-0.2, 0) is 7.05 Å². The summed E-state index contributed by atoms with van der Waals surface area (Å²) in [4.78, 5) is 39.7. The van der Waals surface area contributed by atoms with E-state index >= 15 is 0 Å². The molecule has 1 aromatic carbocycles. The number of halogens is 1. The summed E-state index contributed by atoms with van der Waals surface area (Å²) in [6.07, 6.45) is 8.45. The largest absolute Gasteiger partial charge is 0.345 e. The van der Waals surface area contributed by atoms with Crippen LogP contribution in [0.15, 0.2) is 43.1 Å². The Morgan fingerprint density at radius 1 is 1.19 bits per heavy atom. The number of amides is 2. The number of anilines is 3. The van der Waals surface area contributed by atoms with Gasteiger partial charge in [-0.05, 0) is 31.0 Å². The van der Waals surface area contributed by atoms with E-state index in [2.05, 4.69) is 25.6 Å². The second-order valence-electron chi connectivity index (χ2n) is 7.84. The molecule has 3 aromatic rings. The van der Waals surface area contributed by atoms with E-state index in [0.29, 0.717) is 17.4 Å². The molecule has 0 unspecified atom stereocenters. The Bertz CT molecular complexity index is 1180. The minimum Gasteiger partial charge on any atom is -0.345 e. The number of nitrogens with one attached hydrogen (secondary N) is 2. The predicted octanol–water partition coefficient (Wildman–Crippen LogP) is 2.41. The number of hydrogen-bond acceptors (Lipinski definition) is 6. The van der Waals surface area contributed by atoms with Gasteiger partial charge in [-0.1, -0.05) is 0 Å². The quantitative estimate of drug-likeness (QED) is 0.575. The monoisotopic (exact) mass is 436 g/mol. The Kier molecular flexibility index (Phi) is 5.76. The van der Waals surface area contributed by atoms with Crippen LogP contribution >= 0.6 is 0 Å². The summed E-state index contributed by atoms with van der Waals surface area (Å²) < 4.78 is 15.7. The molecule has 0 bridgehead atoms. The van der Waals surface area contributed by atoms with E-state index in [1.54, 1.807) is 38.1 Å². The van der Waals surface area contributed by atoms with Crippen molar-refractivity contribution in [1.82, 2.24) is 19.9 Å². The van der Waals surface area contributed by atoms with Crippen molar-refractivity contribution in [2.75, 3.05) is 24.7 Å². The maximum Gasteiger partial charge on any atom is 0.311 e. The van der Waals surface area contributed by atoms with Crippen LogP contribution in [0.1, 0.15) is 45.3 Å². The molecule has 0 saturated heterocycles. The highest BCUT2D eigenvalue weighted by Crippen LogP contribution is 2.39. The fraction of sp³-hybridized carbons (Fsp3) is 0.273. The first-order valence-electron chi connectivity index (χ1n) is 10.1. The normalized spacial score (nSPS) is 12.9. The highest BCUT2D eigenvalue weighted by atomic mass is 19.1. The third kappa shape index (κ3) is 4.53. The van der Waals surface area contributed by atoms with Crippen molar-refractivity contribution in [3.8, 4) is 0 Å². The van der Waals surface area contributed by atoms with Crippen molar-refractivity contribution in [3.05, 3.63) is 65.9 Å². The minimum absolute atomic E-state index is 0.0731. The Morgan fingerprint density at radius 2 is 1.91 bits per heavy atom. The zero-order valence-corrected chi connectivity index (χ0v) is 18.0. The highest BCUT2D eigenvalue weighted by molar-refractivity contribution is 6.09. The first kappa shape index (κ1) is 21.3. The molecular formula is C22H23FN7O2+. The van der Waals surface area contributed by atoms with E-state index in [0.717, 1.165) is 24.6 Å². The molecule has 2 amide bonds. The highest BCUT2D eigenvalue weighted by Gasteiger charge is 2.31. The SMILES string of the molecule is CN(C)C(=O)c1ccc(F)cc1NC(=O)c1nc(C2CC2)c[n+](C)c1Nc1cncnc1. The summed E-state index contributed by atoms with van der Waals surface area (Å²) in [5, 5.41) is 5.80. The van der Waals surface area contributed by atoms with Gasteiger partial charge in [0.15, 0.2) is 5.69 Å². The number of aromatic nitrogens is 4. The zero-order valence-electron chi connectivity index (χ0n) is 18.0. The average molecular weight is 436 g/mol. The van der Waals surface area contributed by atoms with Crippen LogP contribution in [0, 0.1) is 5.82 Å². The number of hydrogen-bond donors (Lipinski definition) is 2. The zero-order chi connectivity index (χ0) is 22.8. The van der Waals surface area contributed by atoms with E-state index in [1.165, 1.54) is 23.4 Å². The Labute approximate surface area is 184 Å². The van der Waals surface area contributed by atoms with Crippen molar-refractivity contribution in [2.24, 2.45) is 7.05 Å². The van der Waals surface area contributed by atoms with Crippen molar-refractivity contribution < 1.29 is 18.5 Å². The summed E-state index contributed by atoms with van der Waals surface area (Å²) in [5.41, 5.74) is 1.75. The van der Waals surface area contributed by atoms with E-state index in [1.807, 2.05) is 6.20 Å². The molecule has 10 heteroatoms. The maximum absolute atomic E-state index is 14.0. The number of carbonyl (C=O) groups excluding carboxylic acids is 2. The molecule has 1 fully saturated rings. The molecule has 1 aliphatic rings. The van der Waals surface area contributed by atoms with Crippen LogP contribution in [0.4, 0.5) is 21.6 Å². The molecule has 4 rings (SSSR count). The summed E-state index contributed by atoms with van der Waals surface area (Å²) in [6.45, 7) is 0. The average Bonchev–Trinajstić information content (AvgIpc) is 3.61. The Hall–Kier alpha value is -3.95. The first-order valence-corrected chi connectivity index (χ1v) is 10.1. The minimum atomic E-state index is -0.569. The summed E-state index contributed by atoms with van der Waals surface area (Å²) in [5.74, 6) is -0.771. The van der Waals surface area contributed by atoms with Crippen LogP contribution in [0.5, 0.6) is 0 Å². The molecule has 0 atom stereocenters. The molecule has 164 valence electrons. The summed E-state index contributed by atoms with van der Waals surface area (Å²) in [7, 11) is 4.98. The Balaban J connectivity index is 1.73. The van der Waals surface area contributed by atoms with Gasteiger partial charge in [-0.3, -0.25) is 9.59 Å². The van der Waals surface area contributed by atoms with Crippen molar-refractivity contribution >= 4 is 29.0 Å². The number of rotatable bonds is 6. The third-order valence-electron chi connectivity index (χ3n) is 5.04. The van der Waals surface area contributed by atoms with Gasteiger partial charge in [0.25, 0.3) is 11.8 Å². The molecule has 0 aliphatic heterocycles. The predicted molar refractivity (Wildman–Crippen MR) is 115 cm³/mol. The lowest BCUT2D eigenvalue weighted by molar-refractivity contribution is -0.658. The number of aryl methyl sites for hydroxylation is 1. The van der Waals surface area contributed by atoms with Crippen LogP contribution in [-0.4, -0.2) is 45.8 Å². The van der Waals surface area contributed by atoms with Crippen LogP contribution in [0.3, 0.4) is 0 Å². The van der Waals surface area contributed by atoms with Gasteiger partial charge < -0.3 is 10.2 Å². The fourth-order valence-corrected chi connectivity index (χ4v) is 3.25. The lowest BCUT2D eigenvalue weighted by Crippen LogP contribution is -2.36. The van der Waals surface area contributed by atoms with Gasteiger partial charge in [0.1, 0.15) is 18.3 Å². The van der Waals surface area contributed by atoms with E-state index in [9.17, 15) is 14.0 Å². The molecule has 2 N–H and O–H groups in total. The first-order chi connectivity index (χ1) is 15.3. The molecular weight excluding hydrogens is 413 g/mol.